The van der Waals surface area contributed by atoms with Crippen LogP contribution in [0.4, 0.5) is 0 Å². The van der Waals surface area contributed by atoms with Gasteiger partial charge in [0.2, 0.25) is 0 Å². The van der Waals surface area contributed by atoms with Crippen molar-refractivity contribution in [3.05, 3.63) is 29.8 Å². The molecule has 0 radical (unpaired) electrons. The van der Waals surface area contributed by atoms with Gasteiger partial charge in [-0.25, -0.2) is 8.42 Å². The monoisotopic (exact) mass is 212 g/mol. The summed E-state index contributed by atoms with van der Waals surface area (Å²) in [4.78, 5) is 0.484. The lowest BCUT2D eigenvalue weighted by molar-refractivity contribution is 0.586. The molecule has 0 aliphatic carbocycles. The van der Waals surface area contributed by atoms with Crippen LogP contribution in [0, 0.1) is 0 Å². The van der Waals surface area contributed by atoms with Gasteiger partial charge in [0.25, 0.3) is 0 Å². The lowest BCUT2D eigenvalue weighted by atomic mass is 10.2. The van der Waals surface area contributed by atoms with Crippen molar-refractivity contribution in [2.24, 2.45) is 0 Å². The highest BCUT2D eigenvalue weighted by Gasteiger charge is 2.21. The first-order chi connectivity index (χ1) is 6.50. The predicted octanol–water partition coefficient (Wildman–Crippen LogP) is 2.43. The summed E-state index contributed by atoms with van der Waals surface area (Å²) >= 11 is 0. The molecule has 0 saturated heterocycles. The van der Waals surface area contributed by atoms with Gasteiger partial charge >= 0.3 is 0 Å². The minimum atomic E-state index is -3.12. The van der Waals surface area contributed by atoms with Gasteiger partial charge in [-0.3, -0.25) is 0 Å². The Morgan fingerprint density at radius 3 is 2.29 bits per heavy atom. The molecule has 1 rings (SSSR count). The van der Waals surface area contributed by atoms with E-state index in [1.165, 1.54) is 0 Å². The van der Waals surface area contributed by atoms with Crippen molar-refractivity contribution in [2.75, 3.05) is 0 Å². The summed E-state index contributed by atoms with van der Waals surface area (Å²) in [6.45, 7) is 5.39. The SMILES string of the molecule is CCc1ccccc1S(=O)(=O)C(C)C. The van der Waals surface area contributed by atoms with E-state index in [9.17, 15) is 8.42 Å². The van der Waals surface area contributed by atoms with Gasteiger partial charge < -0.3 is 0 Å². The van der Waals surface area contributed by atoms with E-state index in [4.69, 9.17) is 0 Å². The zero-order chi connectivity index (χ0) is 10.8. The van der Waals surface area contributed by atoms with Crippen LogP contribution in [0.1, 0.15) is 26.3 Å². The van der Waals surface area contributed by atoms with E-state index in [-0.39, 0.29) is 5.25 Å². The van der Waals surface area contributed by atoms with Crippen LogP contribution < -0.4 is 0 Å². The maximum Gasteiger partial charge on any atom is 0.180 e. The van der Waals surface area contributed by atoms with Crippen molar-refractivity contribution in [3.8, 4) is 0 Å². The molecule has 0 heterocycles. The van der Waals surface area contributed by atoms with Crippen LogP contribution in [0.15, 0.2) is 29.2 Å². The standard InChI is InChI=1S/C11H16O2S/c1-4-10-7-5-6-8-11(10)14(12,13)9(2)3/h5-9H,4H2,1-3H3. The summed E-state index contributed by atoms with van der Waals surface area (Å²) in [5.41, 5.74) is 0.904. The third-order valence-corrected chi connectivity index (χ3v) is 4.53. The Hall–Kier alpha value is -0.830. The molecule has 78 valence electrons. The smallest absolute Gasteiger partial charge is 0.180 e. The van der Waals surface area contributed by atoms with Gasteiger partial charge in [-0.2, -0.15) is 0 Å². The van der Waals surface area contributed by atoms with E-state index in [1.807, 2.05) is 19.1 Å². The molecule has 3 heteroatoms. The van der Waals surface area contributed by atoms with Gasteiger partial charge in [0.05, 0.1) is 10.1 Å². The Bertz CT molecular complexity index is 405. The van der Waals surface area contributed by atoms with Crippen molar-refractivity contribution in [1.82, 2.24) is 0 Å². The Morgan fingerprint density at radius 1 is 1.21 bits per heavy atom. The minimum Gasteiger partial charge on any atom is -0.223 e. The van der Waals surface area contributed by atoms with Crippen molar-refractivity contribution < 1.29 is 8.42 Å². The van der Waals surface area contributed by atoms with Gasteiger partial charge in [0.15, 0.2) is 9.84 Å². The van der Waals surface area contributed by atoms with Crippen molar-refractivity contribution in [1.29, 1.82) is 0 Å². The number of sulfone groups is 1. The van der Waals surface area contributed by atoms with E-state index in [1.54, 1.807) is 26.0 Å². The minimum absolute atomic E-state index is 0.352. The summed E-state index contributed by atoms with van der Waals surface area (Å²) in [5, 5.41) is -0.352. The largest absolute Gasteiger partial charge is 0.223 e. The highest BCUT2D eigenvalue weighted by Crippen LogP contribution is 2.20. The van der Waals surface area contributed by atoms with Gasteiger partial charge in [0, 0.05) is 0 Å². The Balaban J connectivity index is 3.32. The molecule has 0 saturated carbocycles. The molecule has 1 aromatic carbocycles. The Morgan fingerprint density at radius 2 is 1.79 bits per heavy atom. The molecular formula is C11H16O2S. The molecule has 0 spiro atoms. The van der Waals surface area contributed by atoms with Crippen LogP contribution in [0.3, 0.4) is 0 Å². The second-order valence-electron chi connectivity index (χ2n) is 3.56. The fraction of sp³-hybridized carbons (Fsp3) is 0.455. The predicted molar refractivity (Wildman–Crippen MR) is 58.1 cm³/mol. The summed E-state index contributed by atoms with van der Waals surface area (Å²) in [5.74, 6) is 0. The Kier molecular flexibility index (Phi) is 3.32. The van der Waals surface area contributed by atoms with Crippen molar-refractivity contribution >= 4 is 9.84 Å². The first-order valence-corrected chi connectivity index (χ1v) is 6.36. The third-order valence-electron chi connectivity index (χ3n) is 2.28. The normalized spacial score (nSPS) is 12.0. The fourth-order valence-corrected chi connectivity index (χ4v) is 2.68. The molecule has 14 heavy (non-hydrogen) atoms. The average Bonchev–Trinajstić information content (AvgIpc) is 2.17. The molecule has 0 unspecified atom stereocenters. The second kappa shape index (κ2) is 4.13. The third kappa shape index (κ3) is 1.98. The zero-order valence-electron chi connectivity index (χ0n) is 8.82. The van der Waals surface area contributed by atoms with Gasteiger partial charge in [-0.1, -0.05) is 25.1 Å². The molecule has 0 aromatic heterocycles. The number of hydrogen-bond donors (Lipinski definition) is 0. The fourth-order valence-electron chi connectivity index (χ4n) is 1.33. The number of rotatable bonds is 3. The van der Waals surface area contributed by atoms with Crippen LogP contribution in [0.5, 0.6) is 0 Å². The van der Waals surface area contributed by atoms with E-state index in [2.05, 4.69) is 0 Å². The van der Waals surface area contributed by atoms with Gasteiger partial charge in [-0.05, 0) is 31.9 Å². The van der Waals surface area contributed by atoms with Crippen LogP contribution >= 0.6 is 0 Å². The van der Waals surface area contributed by atoms with E-state index in [0.717, 1.165) is 12.0 Å². The molecule has 2 nitrogen and oxygen atoms in total. The topological polar surface area (TPSA) is 34.1 Å². The first kappa shape index (κ1) is 11.2. The van der Waals surface area contributed by atoms with Crippen molar-refractivity contribution in [2.45, 2.75) is 37.3 Å². The maximum atomic E-state index is 11.9. The van der Waals surface area contributed by atoms with E-state index in [0.29, 0.717) is 4.90 Å². The van der Waals surface area contributed by atoms with Gasteiger partial charge in [0.1, 0.15) is 0 Å². The van der Waals surface area contributed by atoms with Crippen LogP contribution in [0.2, 0.25) is 0 Å². The van der Waals surface area contributed by atoms with Gasteiger partial charge in [-0.15, -0.1) is 0 Å². The lowest BCUT2D eigenvalue weighted by Crippen LogP contribution is -2.15. The zero-order valence-corrected chi connectivity index (χ0v) is 9.64. The molecule has 0 aliphatic rings. The molecule has 0 N–H and O–H groups in total. The molecule has 0 aliphatic heterocycles. The molecule has 0 bridgehead atoms. The molecule has 1 aromatic rings. The summed E-state index contributed by atoms with van der Waals surface area (Å²) in [6.07, 6.45) is 0.752. The quantitative estimate of drug-likeness (QED) is 0.771. The Labute approximate surface area is 85.9 Å². The van der Waals surface area contributed by atoms with Crippen LogP contribution in [0.25, 0.3) is 0 Å². The average molecular weight is 212 g/mol. The first-order valence-electron chi connectivity index (χ1n) is 4.82. The molecular weight excluding hydrogens is 196 g/mol. The molecule has 0 fully saturated rings. The van der Waals surface area contributed by atoms with E-state index >= 15 is 0 Å². The maximum absolute atomic E-state index is 11.9. The van der Waals surface area contributed by atoms with Crippen molar-refractivity contribution in [3.63, 3.8) is 0 Å². The lowest BCUT2D eigenvalue weighted by Gasteiger charge is -2.11. The second-order valence-corrected chi connectivity index (χ2v) is 6.03. The van der Waals surface area contributed by atoms with Crippen LogP contribution in [-0.2, 0) is 16.3 Å². The highest BCUT2D eigenvalue weighted by molar-refractivity contribution is 7.92. The molecule has 0 atom stereocenters. The highest BCUT2D eigenvalue weighted by atomic mass is 32.2. The number of aryl methyl sites for hydroxylation is 1. The molecule has 0 amide bonds. The van der Waals surface area contributed by atoms with Crippen LogP contribution in [-0.4, -0.2) is 13.7 Å². The summed E-state index contributed by atoms with van der Waals surface area (Å²) < 4.78 is 23.8. The number of benzene rings is 1. The summed E-state index contributed by atoms with van der Waals surface area (Å²) in [7, 11) is -3.12. The van der Waals surface area contributed by atoms with E-state index < -0.39 is 9.84 Å². The summed E-state index contributed by atoms with van der Waals surface area (Å²) in [6, 6.07) is 7.20. The number of hydrogen-bond acceptors (Lipinski definition) is 2.